The predicted octanol–water partition coefficient (Wildman–Crippen LogP) is 3.97. The maximum atomic E-state index is 12.6. The second-order valence-electron chi connectivity index (χ2n) is 5.70. The molecule has 0 atom stereocenters. The van der Waals surface area contributed by atoms with E-state index in [1.165, 1.54) is 11.3 Å². The van der Waals surface area contributed by atoms with Gasteiger partial charge in [0.25, 0.3) is 5.91 Å². The molecule has 0 saturated carbocycles. The number of methoxy groups -OCH3 is 2. The minimum atomic E-state index is -0.181. The average Bonchev–Trinajstić information content (AvgIpc) is 3.25. The van der Waals surface area contributed by atoms with Gasteiger partial charge in [-0.25, -0.2) is 4.98 Å². The van der Waals surface area contributed by atoms with Gasteiger partial charge in [0.2, 0.25) is 0 Å². The summed E-state index contributed by atoms with van der Waals surface area (Å²) in [5.74, 6) is 2.70. The summed E-state index contributed by atoms with van der Waals surface area (Å²) in [6, 6.07) is 9.21. The molecule has 0 saturated heterocycles. The second kappa shape index (κ2) is 7.61. The molecule has 136 valence electrons. The number of hydrogen-bond acceptors (Lipinski definition) is 6. The number of nitrogens with one attached hydrogen (secondary N) is 1. The van der Waals surface area contributed by atoms with Crippen molar-refractivity contribution in [1.82, 2.24) is 10.3 Å². The van der Waals surface area contributed by atoms with Crippen molar-refractivity contribution < 1.29 is 18.7 Å². The molecule has 7 heteroatoms. The number of aryl methyl sites for hydroxylation is 2. The van der Waals surface area contributed by atoms with Gasteiger partial charge >= 0.3 is 0 Å². The number of hydrogen-bond donors (Lipinski definition) is 1. The number of carbonyl (C=O) groups excluding carboxylic acids is 1. The van der Waals surface area contributed by atoms with Crippen LogP contribution in [0.25, 0.3) is 10.8 Å². The van der Waals surface area contributed by atoms with Crippen molar-refractivity contribution in [2.75, 3.05) is 14.2 Å². The summed E-state index contributed by atoms with van der Waals surface area (Å²) in [6.45, 7) is 4.02. The molecule has 0 radical (unpaired) electrons. The molecule has 1 amide bonds. The molecule has 1 N–H and O–H groups in total. The van der Waals surface area contributed by atoms with Crippen LogP contribution in [0.4, 0.5) is 0 Å². The Hall–Kier alpha value is -2.80. The van der Waals surface area contributed by atoms with Gasteiger partial charge in [-0.2, -0.15) is 0 Å². The summed E-state index contributed by atoms with van der Waals surface area (Å²) in [5.41, 5.74) is 1.51. The van der Waals surface area contributed by atoms with Gasteiger partial charge in [0.1, 0.15) is 22.1 Å². The Kier molecular flexibility index (Phi) is 5.27. The molecule has 2 heterocycles. The minimum Gasteiger partial charge on any atom is -0.497 e. The lowest BCUT2D eigenvalue weighted by molar-refractivity contribution is 0.0954. The quantitative estimate of drug-likeness (QED) is 0.709. The fraction of sp³-hybridized carbons (Fsp3) is 0.263. The lowest BCUT2D eigenvalue weighted by atomic mass is 10.2. The topological polar surface area (TPSA) is 73.6 Å². The number of amides is 1. The van der Waals surface area contributed by atoms with E-state index in [9.17, 15) is 4.79 Å². The first-order chi connectivity index (χ1) is 12.5. The molecular formula is C19H20N2O4S. The molecule has 1 aromatic carbocycles. The van der Waals surface area contributed by atoms with Gasteiger partial charge in [-0.3, -0.25) is 4.79 Å². The Bertz CT molecular complexity index is 930. The number of benzene rings is 1. The van der Waals surface area contributed by atoms with E-state index in [2.05, 4.69) is 10.3 Å². The Balaban J connectivity index is 1.76. The van der Waals surface area contributed by atoms with E-state index in [0.29, 0.717) is 39.4 Å². The molecule has 2 aromatic heterocycles. The summed E-state index contributed by atoms with van der Waals surface area (Å²) < 4.78 is 16.2. The molecule has 0 aliphatic carbocycles. The van der Waals surface area contributed by atoms with Crippen LogP contribution in [0.3, 0.4) is 0 Å². The van der Waals surface area contributed by atoms with Gasteiger partial charge < -0.3 is 19.2 Å². The zero-order chi connectivity index (χ0) is 18.7. The van der Waals surface area contributed by atoms with Crippen LogP contribution in [-0.4, -0.2) is 25.1 Å². The molecule has 3 rings (SSSR count). The number of furan rings is 1. The highest BCUT2D eigenvalue weighted by atomic mass is 32.1. The van der Waals surface area contributed by atoms with E-state index < -0.39 is 0 Å². The Labute approximate surface area is 155 Å². The first-order valence-corrected chi connectivity index (χ1v) is 8.86. The van der Waals surface area contributed by atoms with Crippen molar-refractivity contribution in [2.24, 2.45) is 0 Å². The maximum absolute atomic E-state index is 12.6. The largest absolute Gasteiger partial charge is 0.497 e. The fourth-order valence-electron chi connectivity index (χ4n) is 2.54. The van der Waals surface area contributed by atoms with Crippen molar-refractivity contribution >= 4 is 17.2 Å². The van der Waals surface area contributed by atoms with E-state index in [1.807, 2.05) is 44.2 Å². The van der Waals surface area contributed by atoms with Crippen molar-refractivity contribution in [3.05, 3.63) is 52.2 Å². The lowest BCUT2D eigenvalue weighted by Gasteiger charge is -2.11. The number of rotatable bonds is 6. The van der Waals surface area contributed by atoms with Crippen LogP contribution in [0.2, 0.25) is 0 Å². The number of ether oxygens (including phenoxy) is 2. The van der Waals surface area contributed by atoms with E-state index in [4.69, 9.17) is 13.9 Å². The lowest BCUT2D eigenvalue weighted by Crippen LogP contribution is -2.22. The summed E-state index contributed by atoms with van der Waals surface area (Å²) in [7, 11) is 3.20. The smallest absolute Gasteiger partial charge is 0.263 e. The molecule has 6 nitrogen and oxygen atoms in total. The van der Waals surface area contributed by atoms with E-state index in [-0.39, 0.29) is 5.91 Å². The van der Waals surface area contributed by atoms with E-state index in [1.54, 1.807) is 14.2 Å². The van der Waals surface area contributed by atoms with Crippen molar-refractivity contribution in [1.29, 1.82) is 0 Å². The first kappa shape index (κ1) is 18.0. The van der Waals surface area contributed by atoms with Crippen LogP contribution in [0.5, 0.6) is 11.5 Å². The molecule has 0 aliphatic heterocycles. The normalized spacial score (nSPS) is 10.6. The van der Waals surface area contributed by atoms with Crippen LogP contribution >= 0.6 is 11.3 Å². The Morgan fingerprint density at radius 3 is 2.65 bits per heavy atom. The van der Waals surface area contributed by atoms with Gasteiger partial charge in [-0.05, 0) is 44.2 Å². The molecular weight excluding hydrogens is 352 g/mol. The van der Waals surface area contributed by atoms with Gasteiger partial charge in [0, 0.05) is 12.1 Å². The summed E-state index contributed by atoms with van der Waals surface area (Å²) >= 11 is 1.31. The average molecular weight is 372 g/mol. The number of nitrogens with zero attached hydrogens (tertiary/aromatic N) is 1. The molecule has 0 fully saturated rings. The van der Waals surface area contributed by atoms with Gasteiger partial charge in [-0.15, -0.1) is 11.3 Å². The second-order valence-corrected chi connectivity index (χ2v) is 6.70. The van der Waals surface area contributed by atoms with Crippen LogP contribution < -0.4 is 14.8 Å². The zero-order valence-electron chi connectivity index (χ0n) is 15.1. The first-order valence-electron chi connectivity index (χ1n) is 8.05. The molecule has 26 heavy (non-hydrogen) atoms. The Morgan fingerprint density at radius 1 is 1.19 bits per heavy atom. The van der Waals surface area contributed by atoms with Crippen molar-refractivity contribution in [3.63, 3.8) is 0 Å². The number of carbonyl (C=O) groups is 1. The standard InChI is InChI=1S/C19H20N2O4S/c1-11-5-7-16(25-11)19-21-12(2)17(26-19)18(22)20-10-13-9-14(23-3)6-8-15(13)24-4/h5-9H,10H2,1-4H3,(H,20,22). The van der Waals surface area contributed by atoms with Gasteiger partial charge in [-0.1, -0.05) is 0 Å². The van der Waals surface area contributed by atoms with Crippen LogP contribution in [0, 0.1) is 13.8 Å². The van der Waals surface area contributed by atoms with Crippen molar-refractivity contribution in [2.45, 2.75) is 20.4 Å². The van der Waals surface area contributed by atoms with E-state index in [0.717, 1.165) is 11.3 Å². The highest BCUT2D eigenvalue weighted by Crippen LogP contribution is 2.29. The molecule has 0 unspecified atom stereocenters. The van der Waals surface area contributed by atoms with Crippen molar-refractivity contribution in [3.8, 4) is 22.3 Å². The third-order valence-corrected chi connectivity index (χ3v) is 5.05. The predicted molar refractivity (Wildman–Crippen MR) is 100 cm³/mol. The highest BCUT2D eigenvalue weighted by molar-refractivity contribution is 7.17. The maximum Gasteiger partial charge on any atom is 0.263 e. The highest BCUT2D eigenvalue weighted by Gasteiger charge is 2.18. The number of thiazole rings is 1. The molecule has 0 spiro atoms. The van der Waals surface area contributed by atoms with Crippen LogP contribution in [-0.2, 0) is 6.54 Å². The Morgan fingerprint density at radius 2 is 2.00 bits per heavy atom. The fourth-order valence-corrected chi connectivity index (χ4v) is 3.48. The van der Waals surface area contributed by atoms with Gasteiger partial charge in [0.15, 0.2) is 10.8 Å². The van der Waals surface area contributed by atoms with Crippen LogP contribution in [0.15, 0.2) is 34.7 Å². The third kappa shape index (κ3) is 3.72. The van der Waals surface area contributed by atoms with Crippen LogP contribution in [0.1, 0.15) is 26.7 Å². The summed E-state index contributed by atoms with van der Waals surface area (Å²) in [5, 5.41) is 3.61. The summed E-state index contributed by atoms with van der Waals surface area (Å²) in [4.78, 5) is 17.6. The molecule has 0 aliphatic rings. The monoisotopic (exact) mass is 372 g/mol. The minimum absolute atomic E-state index is 0.181. The van der Waals surface area contributed by atoms with Gasteiger partial charge in [0.05, 0.1) is 19.9 Å². The van der Waals surface area contributed by atoms with E-state index >= 15 is 0 Å². The zero-order valence-corrected chi connectivity index (χ0v) is 15.9. The number of aromatic nitrogens is 1. The SMILES string of the molecule is COc1ccc(OC)c(CNC(=O)c2sc(-c3ccc(C)o3)nc2C)c1. The third-order valence-electron chi connectivity index (χ3n) is 3.88. The molecule has 3 aromatic rings. The summed E-state index contributed by atoms with van der Waals surface area (Å²) in [6.07, 6.45) is 0. The molecule has 0 bridgehead atoms.